The number of hydrogen-bond acceptors (Lipinski definition) is 1. The molecule has 2 rings (SSSR count). The number of rotatable bonds is 5. The average molecular weight is 251 g/mol. The van der Waals surface area contributed by atoms with E-state index in [2.05, 4.69) is 6.92 Å². The Hall–Kier alpha value is -0.0400. The highest BCUT2D eigenvalue weighted by molar-refractivity contribution is 4.84. The minimum atomic E-state index is 0.111. The largest absolute Gasteiger partial charge is 0.325 e. The molecule has 0 heterocycles. The van der Waals surface area contributed by atoms with Gasteiger partial charge in [-0.1, -0.05) is 64.2 Å². The van der Waals surface area contributed by atoms with E-state index in [1.807, 2.05) is 0 Å². The molecular weight excluding hydrogens is 218 g/mol. The van der Waals surface area contributed by atoms with Crippen molar-refractivity contribution in [2.24, 2.45) is 17.6 Å². The normalized spacial score (nSPS) is 27.0. The first kappa shape index (κ1) is 14.4. The van der Waals surface area contributed by atoms with Crippen LogP contribution in [0.2, 0.25) is 0 Å². The highest BCUT2D eigenvalue weighted by atomic mass is 14.7. The quantitative estimate of drug-likeness (QED) is 0.728. The van der Waals surface area contributed by atoms with E-state index in [9.17, 15) is 0 Å². The molecule has 0 saturated heterocycles. The van der Waals surface area contributed by atoms with Crippen molar-refractivity contribution in [1.29, 1.82) is 0 Å². The first-order chi connectivity index (χ1) is 8.66. The predicted molar refractivity (Wildman–Crippen MR) is 79.6 cm³/mol. The Morgan fingerprint density at radius 3 is 1.89 bits per heavy atom. The van der Waals surface area contributed by atoms with Gasteiger partial charge < -0.3 is 5.73 Å². The minimum absolute atomic E-state index is 0.111. The van der Waals surface area contributed by atoms with Crippen molar-refractivity contribution in [3.63, 3.8) is 0 Å². The molecule has 0 unspecified atom stereocenters. The second kappa shape index (κ2) is 6.93. The number of hydrogen-bond donors (Lipinski definition) is 1. The molecule has 106 valence electrons. The van der Waals surface area contributed by atoms with Crippen LogP contribution in [0.25, 0.3) is 0 Å². The molecule has 0 aromatic carbocycles. The van der Waals surface area contributed by atoms with Crippen molar-refractivity contribution in [3.8, 4) is 0 Å². The zero-order valence-corrected chi connectivity index (χ0v) is 12.4. The molecule has 18 heavy (non-hydrogen) atoms. The van der Waals surface area contributed by atoms with Crippen LogP contribution in [0.1, 0.15) is 90.4 Å². The van der Waals surface area contributed by atoms with Crippen LogP contribution in [-0.2, 0) is 0 Å². The summed E-state index contributed by atoms with van der Waals surface area (Å²) in [6.07, 6.45) is 18.5. The summed E-state index contributed by atoms with van der Waals surface area (Å²) in [5.41, 5.74) is 6.68. The van der Waals surface area contributed by atoms with Gasteiger partial charge in [0.05, 0.1) is 0 Å². The Kier molecular flexibility index (Phi) is 5.54. The fraction of sp³-hybridized carbons (Fsp3) is 1.00. The van der Waals surface area contributed by atoms with E-state index in [0.717, 1.165) is 11.8 Å². The van der Waals surface area contributed by atoms with E-state index in [4.69, 9.17) is 5.73 Å². The molecule has 0 aromatic rings. The second-order valence-corrected chi connectivity index (χ2v) is 7.40. The Labute approximate surface area is 114 Å². The lowest BCUT2D eigenvalue weighted by atomic mass is 9.76. The van der Waals surface area contributed by atoms with Crippen molar-refractivity contribution in [2.45, 2.75) is 95.9 Å². The molecule has 0 bridgehead atoms. The van der Waals surface area contributed by atoms with Gasteiger partial charge in [-0.25, -0.2) is 0 Å². The van der Waals surface area contributed by atoms with Gasteiger partial charge in [0, 0.05) is 5.54 Å². The molecule has 2 saturated carbocycles. The SMILES string of the molecule is C[C@@](N)(CCC1CCCCC1)CC1CCCCC1. The third kappa shape index (κ3) is 4.91. The summed E-state index contributed by atoms with van der Waals surface area (Å²) < 4.78 is 0. The summed E-state index contributed by atoms with van der Waals surface area (Å²) in [5, 5.41) is 0. The third-order valence-electron chi connectivity index (χ3n) is 5.33. The van der Waals surface area contributed by atoms with Crippen LogP contribution < -0.4 is 5.73 Å². The van der Waals surface area contributed by atoms with E-state index >= 15 is 0 Å². The van der Waals surface area contributed by atoms with E-state index in [1.165, 1.54) is 83.5 Å². The lowest BCUT2D eigenvalue weighted by molar-refractivity contribution is 0.235. The minimum Gasteiger partial charge on any atom is -0.325 e. The summed E-state index contributed by atoms with van der Waals surface area (Å²) in [7, 11) is 0. The maximum absolute atomic E-state index is 6.56. The van der Waals surface area contributed by atoms with Gasteiger partial charge in [-0.3, -0.25) is 0 Å². The van der Waals surface area contributed by atoms with Crippen molar-refractivity contribution in [1.82, 2.24) is 0 Å². The van der Waals surface area contributed by atoms with Crippen LogP contribution in [0.3, 0.4) is 0 Å². The van der Waals surface area contributed by atoms with Crippen molar-refractivity contribution >= 4 is 0 Å². The zero-order chi connectivity index (χ0) is 12.8. The van der Waals surface area contributed by atoms with Crippen LogP contribution in [-0.4, -0.2) is 5.54 Å². The van der Waals surface area contributed by atoms with Gasteiger partial charge in [0.25, 0.3) is 0 Å². The van der Waals surface area contributed by atoms with Gasteiger partial charge in [0.15, 0.2) is 0 Å². The molecule has 0 aliphatic heterocycles. The molecule has 2 aliphatic rings. The molecule has 0 spiro atoms. The topological polar surface area (TPSA) is 26.0 Å². The van der Waals surface area contributed by atoms with Crippen molar-refractivity contribution in [3.05, 3.63) is 0 Å². The molecule has 0 radical (unpaired) electrons. The standard InChI is InChI=1S/C17H33N/c1-17(18,14-16-10-6-3-7-11-16)13-12-15-8-4-2-5-9-15/h15-16H,2-14,18H2,1H3/t17-/m1/s1. The summed E-state index contributed by atoms with van der Waals surface area (Å²) in [4.78, 5) is 0. The highest BCUT2D eigenvalue weighted by Crippen LogP contribution is 2.34. The predicted octanol–water partition coefficient (Wildman–Crippen LogP) is 5.03. The van der Waals surface area contributed by atoms with Crippen LogP contribution in [0, 0.1) is 11.8 Å². The van der Waals surface area contributed by atoms with Crippen LogP contribution in [0.4, 0.5) is 0 Å². The first-order valence-corrected chi connectivity index (χ1v) is 8.45. The molecule has 2 aliphatic carbocycles. The lowest BCUT2D eigenvalue weighted by Gasteiger charge is -2.33. The van der Waals surface area contributed by atoms with Gasteiger partial charge in [-0.2, -0.15) is 0 Å². The Morgan fingerprint density at radius 1 is 0.833 bits per heavy atom. The smallest absolute Gasteiger partial charge is 0.0128 e. The maximum atomic E-state index is 6.56. The Bertz CT molecular complexity index is 222. The van der Waals surface area contributed by atoms with Crippen LogP contribution >= 0.6 is 0 Å². The highest BCUT2D eigenvalue weighted by Gasteiger charge is 2.26. The molecular formula is C17H33N. The fourth-order valence-corrected chi connectivity index (χ4v) is 4.16. The molecule has 1 heteroatoms. The van der Waals surface area contributed by atoms with E-state index in [-0.39, 0.29) is 5.54 Å². The monoisotopic (exact) mass is 251 g/mol. The van der Waals surface area contributed by atoms with Gasteiger partial charge in [-0.05, 0) is 38.0 Å². The zero-order valence-electron chi connectivity index (χ0n) is 12.4. The summed E-state index contributed by atoms with van der Waals surface area (Å²) in [6.45, 7) is 2.31. The first-order valence-electron chi connectivity index (χ1n) is 8.45. The third-order valence-corrected chi connectivity index (χ3v) is 5.33. The van der Waals surface area contributed by atoms with E-state index in [1.54, 1.807) is 0 Å². The van der Waals surface area contributed by atoms with Gasteiger partial charge in [-0.15, -0.1) is 0 Å². The van der Waals surface area contributed by atoms with E-state index < -0.39 is 0 Å². The lowest BCUT2D eigenvalue weighted by Crippen LogP contribution is -2.39. The summed E-state index contributed by atoms with van der Waals surface area (Å²) >= 11 is 0. The molecule has 0 amide bonds. The Balaban J connectivity index is 1.68. The van der Waals surface area contributed by atoms with Crippen LogP contribution in [0.5, 0.6) is 0 Å². The summed E-state index contributed by atoms with van der Waals surface area (Å²) in [5.74, 6) is 1.92. The van der Waals surface area contributed by atoms with E-state index in [0.29, 0.717) is 0 Å². The Morgan fingerprint density at radius 2 is 1.33 bits per heavy atom. The molecule has 1 atom stereocenters. The fourth-order valence-electron chi connectivity index (χ4n) is 4.16. The number of nitrogens with two attached hydrogens (primary N) is 1. The second-order valence-electron chi connectivity index (χ2n) is 7.40. The van der Waals surface area contributed by atoms with Crippen LogP contribution in [0.15, 0.2) is 0 Å². The molecule has 2 fully saturated rings. The van der Waals surface area contributed by atoms with Gasteiger partial charge in [0.2, 0.25) is 0 Å². The van der Waals surface area contributed by atoms with Gasteiger partial charge in [0.1, 0.15) is 0 Å². The average Bonchev–Trinajstić information content (AvgIpc) is 2.38. The van der Waals surface area contributed by atoms with Gasteiger partial charge >= 0.3 is 0 Å². The molecule has 2 N–H and O–H groups in total. The molecule has 1 nitrogen and oxygen atoms in total. The molecule has 0 aromatic heterocycles. The maximum Gasteiger partial charge on any atom is 0.0128 e. The summed E-state index contributed by atoms with van der Waals surface area (Å²) in [6, 6.07) is 0. The van der Waals surface area contributed by atoms with Crippen molar-refractivity contribution in [2.75, 3.05) is 0 Å². The van der Waals surface area contributed by atoms with Crippen molar-refractivity contribution < 1.29 is 0 Å².